The number of aliphatic hydroxyl groups is 1. The molecule has 2 aromatic rings. The standard InChI is InChI=1S/C21H27BrN2O4/c1-13(11-25)12-28-21-19(22)20(23-24-21)17-8-6-16(7-9-17)15-4-2-14(3-5-15)10-18(26)27/h6-9,13-15,25H,2-5,10-12H2,1H3,(H,23,24)(H,26,27)/t13-,14-,15-/m1/s1. The molecule has 0 aliphatic heterocycles. The highest BCUT2D eigenvalue weighted by atomic mass is 79.9. The van der Waals surface area contributed by atoms with Crippen molar-refractivity contribution in [1.29, 1.82) is 0 Å². The summed E-state index contributed by atoms with van der Waals surface area (Å²) in [5, 5.41) is 25.3. The summed E-state index contributed by atoms with van der Waals surface area (Å²) in [6.45, 7) is 2.40. The molecule has 7 heteroatoms. The second kappa shape index (κ2) is 9.56. The van der Waals surface area contributed by atoms with Crippen molar-refractivity contribution < 1.29 is 19.7 Å². The van der Waals surface area contributed by atoms with Crippen LogP contribution in [-0.2, 0) is 4.79 Å². The Hall–Kier alpha value is -1.86. The number of ether oxygens (including phenoxy) is 1. The minimum atomic E-state index is -0.688. The maximum atomic E-state index is 10.9. The molecule has 0 spiro atoms. The van der Waals surface area contributed by atoms with Crippen molar-refractivity contribution in [3.8, 4) is 17.1 Å². The van der Waals surface area contributed by atoms with Gasteiger partial charge in [-0.15, -0.1) is 5.10 Å². The average Bonchev–Trinajstić information content (AvgIpc) is 3.07. The first-order valence-electron chi connectivity index (χ1n) is 9.77. The quantitative estimate of drug-likeness (QED) is 0.546. The van der Waals surface area contributed by atoms with Crippen LogP contribution in [0.4, 0.5) is 0 Å². The Labute approximate surface area is 173 Å². The summed E-state index contributed by atoms with van der Waals surface area (Å²) in [6, 6.07) is 8.46. The molecule has 0 amide bonds. The highest BCUT2D eigenvalue weighted by Crippen LogP contribution is 2.38. The highest BCUT2D eigenvalue weighted by Gasteiger charge is 2.24. The van der Waals surface area contributed by atoms with E-state index in [1.54, 1.807) is 0 Å². The summed E-state index contributed by atoms with van der Waals surface area (Å²) >= 11 is 3.55. The van der Waals surface area contributed by atoms with E-state index in [1.165, 1.54) is 5.56 Å². The fourth-order valence-corrected chi connectivity index (χ4v) is 4.26. The van der Waals surface area contributed by atoms with Crippen LogP contribution in [0.1, 0.15) is 50.5 Å². The van der Waals surface area contributed by atoms with Gasteiger partial charge in [-0.1, -0.05) is 31.2 Å². The number of nitrogens with one attached hydrogen (secondary N) is 1. The summed E-state index contributed by atoms with van der Waals surface area (Å²) in [5.41, 5.74) is 3.19. The van der Waals surface area contributed by atoms with E-state index >= 15 is 0 Å². The Kier molecular flexibility index (Phi) is 7.13. The van der Waals surface area contributed by atoms with Gasteiger partial charge in [-0.05, 0) is 59.0 Å². The number of carboxylic acids is 1. The molecule has 1 aromatic heterocycles. The van der Waals surface area contributed by atoms with Gasteiger partial charge in [-0.3, -0.25) is 9.89 Å². The number of aliphatic carboxylic acids is 1. The predicted octanol–water partition coefficient (Wildman–Crippen LogP) is 4.59. The number of aliphatic hydroxyl groups excluding tert-OH is 1. The molecule has 0 saturated heterocycles. The molecular formula is C21H27BrN2O4. The zero-order valence-corrected chi connectivity index (χ0v) is 17.6. The van der Waals surface area contributed by atoms with Crippen molar-refractivity contribution in [2.45, 2.75) is 44.9 Å². The number of carbonyl (C=O) groups is 1. The van der Waals surface area contributed by atoms with E-state index in [9.17, 15) is 4.79 Å². The van der Waals surface area contributed by atoms with E-state index < -0.39 is 5.97 Å². The third kappa shape index (κ3) is 5.14. The number of halogens is 1. The molecule has 152 valence electrons. The van der Waals surface area contributed by atoms with E-state index in [0.717, 1.165) is 41.4 Å². The highest BCUT2D eigenvalue weighted by molar-refractivity contribution is 9.10. The van der Waals surface area contributed by atoms with Crippen LogP contribution in [0.2, 0.25) is 0 Å². The van der Waals surface area contributed by atoms with Gasteiger partial charge in [0.05, 0.1) is 12.3 Å². The molecule has 1 saturated carbocycles. The van der Waals surface area contributed by atoms with Crippen LogP contribution in [0.25, 0.3) is 11.3 Å². The third-order valence-corrected chi connectivity index (χ3v) is 6.21. The van der Waals surface area contributed by atoms with Crippen LogP contribution < -0.4 is 4.74 Å². The Balaban J connectivity index is 1.62. The van der Waals surface area contributed by atoms with Crippen LogP contribution in [0.3, 0.4) is 0 Å². The summed E-state index contributed by atoms with van der Waals surface area (Å²) < 4.78 is 6.43. The second-order valence-corrected chi connectivity index (χ2v) is 8.55. The van der Waals surface area contributed by atoms with Gasteiger partial charge in [-0.2, -0.15) is 0 Å². The largest absolute Gasteiger partial charge is 0.481 e. The minimum absolute atomic E-state index is 0.0527. The van der Waals surface area contributed by atoms with Gasteiger partial charge >= 0.3 is 5.97 Å². The lowest BCUT2D eigenvalue weighted by molar-refractivity contribution is -0.138. The number of nitrogens with zero attached hydrogens (tertiary/aromatic N) is 1. The van der Waals surface area contributed by atoms with Gasteiger partial charge < -0.3 is 14.9 Å². The summed E-state index contributed by atoms with van der Waals surface area (Å²) in [7, 11) is 0. The van der Waals surface area contributed by atoms with Crippen molar-refractivity contribution in [3.05, 3.63) is 34.3 Å². The molecule has 1 aromatic carbocycles. The Morgan fingerprint density at radius 1 is 1.29 bits per heavy atom. The maximum Gasteiger partial charge on any atom is 0.303 e. The van der Waals surface area contributed by atoms with Crippen molar-refractivity contribution >= 4 is 21.9 Å². The normalized spacial score (nSPS) is 20.7. The summed E-state index contributed by atoms with van der Waals surface area (Å²) in [4.78, 5) is 10.9. The van der Waals surface area contributed by atoms with Crippen molar-refractivity contribution in [2.75, 3.05) is 13.2 Å². The van der Waals surface area contributed by atoms with Crippen molar-refractivity contribution in [2.24, 2.45) is 11.8 Å². The number of rotatable bonds is 8. The van der Waals surface area contributed by atoms with Gasteiger partial charge in [-0.25, -0.2) is 0 Å². The topological polar surface area (TPSA) is 95.4 Å². The Bertz CT molecular complexity index is 782. The number of carboxylic acid groups (broad SMARTS) is 1. The molecule has 1 aliphatic carbocycles. The van der Waals surface area contributed by atoms with E-state index in [1.807, 2.05) is 6.92 Å². The first kappa shape index (κ1) is 20.9. The molecule has 1 atom stereocenters. The van der Waals surface area contributed by atoms with Gasteiger partial charge in [0.1, 0.15) is 4.47 Å². The fourth-order valence-electron chi connectivity index (χ4n) is 3.74. The fraction of sp³-hybridized carbons (Fsp3) is 0.524. The smallest absolute Gasteiger partial charge is 0.303 e. The molecule has 6 nitrogen and oxygen atoms in total. The van der Waals surface area contributed by atoms with Crippen LogP contribution in [0, 0.1) is 11.8 Å². The maximum absolute atomic E-state index is 10.9. The second-order valence-electron chi connectivity index (χ2n) is 7.75. The first-order valence-corrected chi connectivity index (χ1v) is 10.6. The molecule has 3 N–H and O–H groups in total. The van der Waals surface area contributed by atoms with Crippen LogP contribution in [0.5, 0.6) is 5.88 Å². The zero-order chi connectivity index (χ0) is 20.1. The average molecular weight is 451 g/mol. The van der Waals surface area contributed by atoms with E-state index in [2.05, 4.69) is 50.4 Å². The molecule has 3 rings (SSSR count). The first-order chi connectivity index (χ1) is 13.5. The van der Waals surface area contributed by atoms with Gasteiger partial charge in [0.15, 0.2) is 0 Å². The number of hydrogen-bond donors (Lipinski definition) is 3. The summed E-state index contributed by atoms with van der Waals surface area (Å²) in [6.07, 6.45) is 4.36. The molecule has 28 heavy (non-hydrogen) atoms. The lowest BCUT2D eigenvalue weighted by atomic mass is 9.77. The van der Waals surface area contributed by atoms with Crippen LogP contribution >= 0.6 is 15.9 Å². The molecule has 1 heterocycles. The monoisotopic (exact) mass is 450 g/mol. The lowest BCUT2D eigenvalue weighted by Gasteiger charge is -2.28. The molecule has 0 radical (unpaired) electrons. The number of aromatic nitrogens is 2. The number of benzene rings is 1. The van der Waals surface area contributed by atoms with Crippen molar-refractivity contribution in [1.82, 2.24) is 10.2 Å². The summed E-state index contributed by atoms with van der Waals surface area (Å²) in [5.74, 6) is 0.685. The van der Waals surface area contributed by atoms with Crippen molar-refractivity contribution in [3.63, 3.8) is 0 Å². The SMILES string of the molecule is C[C@H](CO)COc1n[nH]c(-c2ccc([C@H]3CC[C@H](CC(=O)O)CC3)cc2)c1Br. The van der Waals surface area contributed by atoms with Gasteiger partial charge in [0.2, 0.25) is 5.88 Å². The molecule has 0 unspecified atom stereocenters. The van der Waals surface area contributed by atoms with E-state index in [-0.39, 0.29) is 12.5 Å². The molecule has 1 aliphatic rings. The predicted molar refractivity (Wildman–Crippen MR) is 110 cm³/mol. The van der Waals surface area contributed by atoms with Gasteiger partial charge in [0, 0.05) is 24.5 Å². The number of hydrogen-bond acceptors (Lipinski definition) is 4. The molecule has 0 bridgehead atoms. The third-order valence-electron chi connectivity index (χ3n) is 5.47. The van der Waals surface area contributed by atoms with Crippen LogP contribution in [0.15, 0.2) is 28.7 Å². The van der Waals surface area contributed by atoms with Crippen LogP contribution in [-0.4, -0.2) is 39.6 Å². The number of aromatic amines is 1. The van der Waals surface area contributed by atoms with E-state index in [0.29, 0.717) is 30.7 Å². The molecular weight excluding hydrogens is 424 g/mol. The minimum Gasteiger partial charge on any atom is -0.481 e. The zero-order valence-electron chi connectivity index (χ0n) is 16.0. The van der Waals surface area contributed by atoms with Gasteiger partial charge in [0.25, 0.3) is 0 Å². The Morgan fingerprint density at radius 2 is 1.96 bits per heavy atom. The Morgan fingerprint density at radius 3 is 2.57 bits per heavy atom. The number of H-pyrrole nitrogens is 1. The lowest BCUT2D eigenvalue weighted by Crippen LogP contribution is -2.16. The molecule has 1 fully saturated rings. The van der Waals surface area contributed by atoms with E-state index in [4.69, 9.17) is 14.9 Å².